The van der Waals surface area contributed by atoms with Crippen LogP contribution in [0.5, 0.6) is 0 Å². The van der Waals surface area contributed by atoms with Gasteiger partial charge in [-0.15, -0.1) is 0 Å². The number of carbonyl (C=O) groups excluding carboxylic acids is 1. The molecule has 156 valence electrons. The second-order valence-corrected chi connectivity index (χ2v) is 7.98. The van der Waals surface area contributed by atoms with Crippen molar-refractivity contribution in [2.24, 2.45) is 0 Å². The van der Waals surface area contributed by atoms with E-state index in [2.05, 4.69) is 4.57 Å². The lowest BCUT2D eigenvalue weighted by atomic mass is 10.1. The molecule has 0 saturated heterocycles. The average Bonchev–Trinajstić information content (AvgIpc) is 3.14. The lowest BCUT2D eigenvalue weighted by Gasteiger charge is -2.05. The van der Waals surface area contributed by atoms with Crippen LogP contribution >= 0.6 is 11.6 Å². The van der Waals surface area contributed by atoms with Crippen molar-refractivity contribution in [2.45, 2.75) is 6.54 Å². The van der Waals surface area contributed by atoms with Crippen molar-refractivity contribution in [1.82, 2.24) is 4.57 Å². The van der Waals surface area contributed by atoms with E-state index in [1.165, 1.54) is 6.08 Å². The number of ketones is 1. The van der Waals surface area contributed by atoms with Gasteiger partial charge in [0, 0.05) is 39.6 Å². The quantitative estimate of drug-likeness (QED) is 0.182. The molecule has 0 aliphatic carbocycles. The van der Waals surface area contributed by atoms with Gasteiger partial charge in [0.05, 0.1) is 0 Å². The molecule has 2 aromatic heterocycles. The van der Waals surface area contributed by atoms with Crippen molar-refractivity contribution in [1.29, 1.82) is 0 Å². The minimum Gasteiger partial charge on any atom is -0.422 e. The molecule has 0 spiro atoms. The molecule has 5 rings (SSSR count). The summed E-state index contributed by atoms with van der Waals surface area (Å²) in [4.78, 5) is 25.1. The third kappa shape index (κ3) is 3.88. The molecule has 0 N–H and O–H groups in total. The van der Waals surface area contributed by atoms with Crippen molar-refractivity contribution in [3.8, 4) is 0 Å². The fraction of sp³-hybridized carbons (Fsp3) is 0.0370. The Balaban J connectivity index is 1.49. The molecule has 32 heavy (non-hydrogen) atoms. The molecule has 0 bridgehead atoms. The maximum atomic E-state index is 12.8. The zero-order valence-corrected chi connectivity index (χ0v) is 17.8. The van der Waals surface area contributed by atoms with Gasteiger partial charge in [0.15, 0.2) is 5.78 Å². The van der Waals surface area contributed by atoms with Crippen LogP contribution in [0, 0.1) is 0 Å². The number of aromatic nitrogens is 1. The van der Waals surface area contributed by atoms with Gasteiger partial charge in [-0.25, -0.2) is 4.79 Å². The van der Waals surface area contributed by atoms with Gasteiger partial charge in [0.25, 0.3) is 0 Å². The van der Waals surface area contributed by atoms with Crippen LogP contribution < -0.4 is 5.63 Å². The summed E-state index contributed by atoms with van der Waals surface area (Å²) in [6.07, 6.45) is 5.17. The van der Waals surface area contributed by atoms with E-state index >= 15 is 0 Å². The number of allylic oxidation sites excluding steroid dienone is 1. The molecule has 0 aliphatic heterocycles. The van der Waals surface area contributed by atoms with E-state index in [0.717, 1.165) is 22.0 Å². The summed E-state index contributed by atoms with van der Waals surface area (Å²) in [7, 11) is 0. The first-order valence-electron chi connectivity index (χ1n) is 10.2. The number of hydrogen-bond acceptors (Lipinski definition) is 3. The standard InChI is InChI=1S/C27H18ClNO3/c28-21-8-5-6-18(14-21)16-29-17-20(22-9-2-3-10-24(22)29)12-13-25(30)23-15-19-7-1-4-11-26(19)32-27(23)31/h1-15,17H,16H2/b13-12+. The molecule has 5 heteroatoms. The first kappa shape index (κ1) is 20.0. The van der Waals surface area contributed by atoms with Crippen LogP contribution in [-0.2, 0) is 6.54 Å². The molecule has 0 radical (unpaired) electrons. The molecule has 2 heterocycles. The highest BCUT2D eigenvalue weighted by Crippen LogP contribution is 2.24. The normalized spacial score (nSPS) is 11.5. The molecule has 0 amide bonds. The second-order valence-electron chi connectivity index (χ2n) is 7.54. The SMILES string of the molecule is O=C(/C=C/c1cn(Cc2cccc(Cl)c2)c2ccccc12)c1cc2ccccc2oc1=O. The van der Waals surface area contributed by atoms with Gasteiger partial charge in [-0.2, -0.15) is 0 Å². The topological polar surface area (TPSA) is 52.2 Å². The van der Waals surface area contributed by atoms with Crippen molar-refractivity contribution in [3.63, 3.8) is 0 Å². The van der Waals surface area contributed by atoms with E-state index in [0.29, 0.717) is 22.5 Å². The Morgan fingerprint density at radius 3 is 2.66 bits per heavy atom. The largest absolute Gasteiger partial charge is 0.422 e. The summed E-state index contributed by atoms with van der Waals surface area (Å²) in [6, 6.07) is 24.4. The molecule has 0 fully saturated rings. The third-order valence-electron chi connectivity index (χ3n) is 5.38. The number of hydrogen-bond donors (Lipinski definition) is 0. The number of fused-ring (bicyclic) bond motifs is 2. The van der Waals surface area contributed by atoms with Crippen molar-refractivity contribution in [3.05, 3.63) is 123 Å². The average molecular weight is 440 g/mol. The molecule has 3 aromatic carbocycles. The predicted octanol–water partition coefficient (Wildman–Crippen LogP) is 6.35. The molecule has 0 atom stereocenters. The number of nitrogens with zero attached hydrogens (tertiary/aromatic N) is 1. The first-order chi connectivity index (χ1) is 15.6. The summed E-state index contributed by atoms with van der Waals surface area (Å²) in [5, 5.41) is 2.42. The number of para-hydroxylation sites is 2. The van der Waals surface area contributed by atoms with Gasteiger partial charge in [-0.1, -0.05) is 60.1 Å². The van der Waals surface area contributed by atoms with Crippen LogP contribution in [0.3, 0.4) is 0 Å². The van der Waals surface area contributed by atoms with E-state index in [4.69, 9.17) is 16.0 Å². The highest BCUT2D eigenvalue weighted by molar-refractivity contribution is 6.30. The van der Waals surface area contributed by atoms with Crippen LogP contribution in [0.4, 0.5) is 0 Å². The lowest BCUT2D eigenvalue weighted by molar-refractivity contribution is 0.104. The fourth-order valence-corrected chi connectivity index (χ4v) is 4.07. The summed E-state index contributed by atoms with van der Waals surface area (Å²) in [5.41, 5.74) is 2.86. The summed E-state index contributed by atoms with van der Waals surface area (Å²) >= 11 is 6.14. The number of halogens is 1. The Hall–Kier alpha value is -3.89. The lowest BCUT2D eigenvalue weighted by Crippen LogP contribution is -2.11. The molecular formula is C27H18ClNO3. The Morgan fingerprint density at radius 1 is 0.969 bits per heavy atom. The summed E-state index contributed by atoms with van der Waals surface area (Å²) in [5.74, 6) is -0.392. The Bertz CT molecular complexity index is 1560. The molecule has 0 aliphatic rings. The van der Waals surface area contributed by atoms with Crippen LogP contribution in [0.25, 0.3) is 27.9 Å². The fourth-order valence-electron chi connectivity index (χ4n) is 3.86. The van der Waals surface area contributed by atoms with Gasteiger partial charge in [0.1, 0.15) is 11.1 Å². The number of carbonyl (C=O) groups is 1. The van der Waals surface area contributed by atoms with E-state index in [-0.39, 0.29) is 5.56 Å². The molecule has 4 nitrogen and oxygen atoms in total. The van der Waals surface area contributed by atoms with E-state index in [9.17, 15) is 9.59 Å². The Kier molecular flexibility index (Phi) is 5.21. The molecular weight excluding hydrogens is 422 g/mol. The van der Waals surface area contributed by atoms with Gasteiger partial charge in [0.2, 0.25) is 0 Å². The Labute approximate surface area is 189 Å². The molecule has 0 unspecified atom stereocenters. The van der Waals surface area contributed by atoms with Crippen LogP contribution in [0.1, 0.15) is 21.5 Å². The number of benzene rings is 3. The van der Waals surface area contributed by atoms with E-state index < -0.39 is 11.4 Å². The summed E-state index contributed by atoms with van der Waals surface area (Å²) in [6.45, 7) is 0.650. The van der Waals surface area contributed by atoms with Gasteiger partial charge < -0.3 is 8.98 Å². The van der Waals surface area contributed by atoms with Crippen LogP contribution in [-0.4, -0.2) is 10.4 Å². The van der Waals surface area contributed by atoms with E-state index in [1.54, 1.807) is 24.3 Å². The van der Waals surface area contributed by atoms with Gasteiger partial charge >= 0.3 is 5.63 Å². The maximum absolute atomic E-state index is 12.8. The Morgan fingerprint density at radius 2 is 1.78 bits per heavy atom. The molecule has 5 aromatic rings. The third-order valence-corrected chi connectivity index (χ3v) is 5.62. The van der Waals surface area contributed by atoms with E-state index in [1.807, 2.05) is 66.9 Å². The van der Waals surface area contributed by atoms with Gasteiger partial charge in [-0.3, -0.25) is 4.79 Å². The van der Waals surface area contributed by atoms with Crippen LogP contribution in [0.2, 0.25) is 5.02 Å². The van der Waals surface area contributed by atoms with Crippen LogP contribution in [0.15, 0.2) is 100 Å². The smallest absolute Gasteiger partial charge is 0.347 e. The minimum absolute atomic E-state index is 0.0163. The zero-order valence-electron chi connectivity index (χ0n) is 17.0. The highest BCUT2D eigenvalue weighted by Gasteiger charge is 2.12. The zero-order chi connectivity index (χ0) is 22.1. The minimum atomic E-state index is -0.637. The first-order valence-corrected chi connectivity index (χ1v) is 10.5. The monoisotopic (exact) mass is 439 g/mol. The number of rotatable bonds is 5. The predicted molar refractivity (Wildman–Crippen MR) is 128 cm³/mol. The second kappa shape index (κ2) is 8.33. The molecule has 0 saturated carbocycles. The van der Waals surface area contributed by atoms with Crippen molar-refractivity contribution >= 4 is 45.3 Å². The van der Waals surface area contributed by atoms with Crippen molar-refractivity contribution in [2.75, 3.05) is 0 Å². The maximum Gasteiger partial charge on any atom is 0.347 e. The highest BCUT2D eigenvalue weighted by atomic mass is 35.5. The van der Waals surface area contributed by atoms with Gasteiger partial charge in [-0.05, 0) is 48.0 Å². The van der Waals surface area contributed by atoms with Crippen molar-refractivity contribution < 1.29 is 9.21 Å². The summed E-state index contributed by atoms with van der Waals surface area (Å²) < 4.78 is 7.41.